The molecule has 0 aliphatic carbocycles. The van der Waals surface area contributed by atoms with Crippen molar-refractivity contribution in [1.82, 2.24) is 0 Å². The van der Waals surface area contributed by atoms with Gasteiger partial charge in [-0.15, -0.1) is 0 Å². The monoisotopic (exact) mass is 255 g/mol. The van der Waals surface area contributed by atoms with E-state index in [1.807, 2.05) is 6.07 Å². The van der Waals surface area contributed by atoms with Crippen LogP contribution in [0.1, 0.15) is 17.9 Å². The number of benzene rings is 1. The fraction of sp³-hybridized carbons (Fsp3) is 0.500. The first-order valence-electron chi connectivity index (χ1n) is 5.71. The van der Waals surface area contributed by atoms with Crippen molar-refractivity contribution in [2.45, 2.75) is 12.3 Å². The first kappa shape index (κ1) is 12.4. The van der Waals surface area contributed by atoms with Crippen LogP contribution in [0, 0.1) is 5.92 Å². The maximum Gasteiger partial charge on any atom is 0.150 e. The summed E-state index contributed by atoms with van der Waals surface area (Å²) in [6, 6.07) is 7.01. The fourth-order valence-corrected chi connectivity index (χ4v) is 4.29. The molecule has 2 rings (SSSR count). The van der Waals surface area contributed by atoms with Crippen LogP contribution < -0.4 is 5.73 Å². The first-order chi connectivity index (χ1) is 8.02. The summed E-state index contributed by atoms with van der Waals surface area (Å²) in [6.07, 6.45) is 0.591. The van der Waals surface area contributed by atoms with Crippen LogP contribution in [-0.4, -0.2) is 31.6 Å². The molecule has 1 aliphatic rings. The summed E-state index contributed by atoms with van der Waals surface area (Å²) < 4.78 is 23.1. The van der Waals surface area contributed by atoms with Gasteiger partial charge in [-0.25, -0.2) is 8.42 Å². The van der Waals surface area contributed by atoms with Crippen molar-refractivity contribution in [3.63, 3.8) is 0 Å². The van der Waals surface area contributed by atoms with E-state index >= 15 is 0 Å². The Bertz CT molecular complexity index is 498. The van der Waals surface area contributed by atoms with E-state index < -0.39 is 9.84 Å². The molecule has 2 atom stereocenters. The van der Waals surface area contributed by atoms with Gasteiger partial charge < -0.3 is 10.8 Å². The second kappa shape index (κ2) is 4.66. The predicted octanol–water partition coefficient (Wildman–Crippen LogP) is 0.869. The van der Waals surface area contributed by atoms with E-state index in [2.05, 4.69) is 0 Å². The summed E-state index contributed by atoms with van der Waals surface area (Å²) in [7, 11) is -2.94. The molecule has 0 radical (unpaired) electrons. The van der Waals surface area contributed by atoms with Gasteiger partial charge in [0.1, 0.15) is 5.75 Å². The van der Waals surface area contributed by atoms with E-state index in [0.29, 0.717) is 13.0 Å². The van der Waals surface area contributed by atoms with Crippen molar-refractivity contribution >= 4 is 9.84 Å². The highest BCUT2D eigenvalue weighted by Gasteiger charge is 2.33. The first-order valence-corrected chi connectivity index (χ1v) is 7.53. The van der Waals surface area contributed by atoms with Crippen molar-refractivity contribution in [2.75, 3.05) is 18.1 Å². The number of sulfone groups is 1. The lowest BCUT2D eigenvalue weighted by atomic mass is 9.84. The number of aromatic hydroxyl groups is 1. The molecule has 4 nitrogen and oxygen atoms in total. The van der Waals surface area contributed by atoms with Gasteiger partial charge in [0.25, 0.3) is 0 Å². The predicted molar refractivity (Wildman–Crippen MR) is 66.7 cm³/mol. The molecule has 1 aromatic carbocycles. The quantitative estimate of drug-likeness (QED) is 0.821. The zero-order valence-corrected chi connectivity index (χ0v) is 10.4. The molecule has 5 heteroatoms. The van der Waals surface area contributed by atoms with Crippen molar-refractivity contribution in [2.24, 2.45) is 11.7 Å². The summed E-state index contributed by atoms with van der Waals surface area (Å²) in [4.78, 5) is 0. The molecule has 3 N–H and O–H groups in total. The van der Waals surface area contributed by atoms with Crippen LogP contribution in [0.3, 0.4) is 0 Å². The Morgan fingerprint density at radius 2 is 2.18 bits per heavy atom. The lowest BCUT2D eigenvalue weighted by molar-refractivity contribution is 0.427. The topological polar surface area (TPSA) is 80.4 Å². The zero-order chi connectivity index (χ0) is 12.5. The van der Waals surface area contributed by atoms with Gasteiger partial charge in [0.2, 0.25) is 0 Å². The third-order valence-electron chi connectivity index (χ3n) is 3.38. The number of phenols is 1. The second-order valence-electron chi connectivity index (χ2n) is 4.60. The lowest BCUT2D eigenvalue weighted by Gasteiger charge is -2.30. The Hall–Kier alpha value is -1.07. The van der Waals surface area contributed by atoms with Gasteiger partial charge in [0, 0.05) is 0 Å². The summed E-state index contributed by atoms with van der Waals surface area (Å²) in [5, 5.41) is 9.46. The van der Waals surface area contributed by atoms with E-state index in [9.17, 15) is 13.5 Å². The summed E-state index contributed by atoms with van der Waals surface area (Å²) >= 11 is 0. The fourth-order valence-electron chi connectivity index (χ4n) is 2.49. The van der Waals surface area contributed by atoms with Gasteiger partial charge in [-0.1, -0.05) is 12.1 Å². The molecule has 17 heavy (non-hydrogen) atoms. The molecule has 1 aliphatic heterocycles. The summed E-state index contributed by atoms with van der Waals surface area (Å²) in [6.45, 7) is 0.361. The lowest BCUT2D eigenvalue weighted by Crippen LogP contribution is -2.35. The molecule has 1 fully saturated rings. The normalized spacial score (nSPS) is 27.8. The van der Waals surface area contributed by atoms with Crippen molar-refractivity contribution in [3.8, 4) is 5.75 Å². The van der Waals surface area contributed by atoms with Crippen molar-refractivity contribution in [1.29, 1.82) is 0 Å². The van der Waals surface area contributed by atoms with Crippen LogP contribution in [-0.2, 0) is 9.84 Å². The molecule has 0 saturated carbocycles. The van der Waals surface area contributed by atoms with Crippen LogP contribution in [0.2, 0.25) is 0 Å². The molecular formula is C12H17NO3S. The molecule has 2 unspecified atom stereocenters. The van der Waals surface area contributed by atoms with Crippen LogP contribution in [0.25, 0.3) is 0 Å². The molecule has 1 heterocycles. The van der Waals surface area contributed by atoms with Crippen LogP contribution in [0.15, 0.2) is 24.3 Å². The number of hydrogen-bond donors (Lipinski definition) is 2. The summed E-state index contributed by atoms with van der Waals surface area (Å²) in [5.41, 5.74) is 6.65. The summed E-state index contributed by atoms with van der Waals surface area (Å²) in [5.74, 6) is 0.672. The maximum atomic E-state index is 11.6. The SMILES string of the molecule is NCC1CS(=O)(=O)CCC1c1cccc(O)c1. The molecule has 1 saturated heterocycles. The highest BCUT2D eigenvalue weighted by atomic mass is 32.2. The third-order valence-corrected chi connectivity index (χ3v) is 5.17. The number of rotatable bonds is 2. The molecule has 0 aromatic heterocycles. The highest BCUT2D eigenvalue weighted by Crippen LogP contribution is 2.34. The molecule has 94 valence electrons. The number of phenolic OH excluding ortho intramolecular Hbond substituents is 1. The second-order valence-corrected chi connectivity index (χ2v) is 6.83. The van der Waals surface area contributed by atoms with Gasteiger partial charge in [-0.3, -0.25) is 0 Å². The average Bonchev–Trinajstić information content (AvgIpc) is 2.27. The third kappa shape index (κ3) is 2.79. The minimum absolute atomic E-state index is 0.0458. The van der Waals surface area contributed by atoms with Crippen LogP contribution in [0.5, 0.6) is 5.75 Å². The van der Waals surface area contributed by atoms with Crippen molar-refractivity contribution < 1.29 is 13.5 Å². The minimum atomic E-state index is -2.94. The van der Waals surface area contributed by atoms with E-state index in [1.165, 1.54) is 0 Å². The van der Waals surface area contributed by atoms with E-state index in [0.717, 1.165) is 5.56 Å². The highest BCUT2D eigenvalue weighted by molar-refractivity contribution is 7.91. The molecule has 0 bridgehead atoms. The van der Waals surface area contributed by atoms with E-state index in [1.54, 1.807) is 18.2 Å². The Balaban J connectivity index is 2.27. The van der Waals surface area contributed by atoms with Crippen LogP contribution >= 0.6 is 0 Å². The van der Waals surface area contributed by atoms with Gasteiger partial charge in [0.15, 0.2) is 9.84 Å². The molecule has 0 amide bonds. The Labute approximate surface area is 101 Å². The largest absolute Gasteiger partial charge is 0.508 e. The zero-order valence-electron chi connectivity index (χ0n) is 9.54. The Morgan fingerprint density at radius 1 is 1.41 bits per heavy atom. The van der Waals surface area contributed by atoms with Gasteiger partial charge in [-0.2, -0.15) is 0 Å². The van der Waals surface area contributed by atoms with E-state index in [4.69, 9.17) is 5.73 Å². The Morgan fingerprint density at radius 3 is 2.82 bits per heavy atom. The Kier molecular flexibility index (Phi) is 3.40. The van der Waals surface area contributed by atoms with Gasteiger partial charge >= 0.3 is 0 Å². The van der Waals surface area contributed by atoms with Gasteiger partial charge in [0.05, 0.1) is 11.5 Å². The number of hydrogen-bond acceptors (Lipinski definition) is 4. The van der Waals surface area contributed by atoms with Crippen molar-refractivity contribution in [3.05, 3.63) is 29.8 Å². The van der Waals surface area contributed by atoms with E-state index in [-0.39, 0.29) is 29.1 Å². The van der Waals surface area contributed by atoms with Gasteiger partial charge in [-0.05, 0) is 42.5 Å². The average molecular weight is 255 g/mol. The standard InChI is InChI=1S/C12H17NO3S/c13-7-10-8-17(15,16)5-4-12(10)9-2-1-3-11(14)6-9/h1-3,6,10,12,14H,4-5,7-8,13H2. The van der Waals surface area contributed by atoms with Crippen LogP contribution in [0.4, 0.5) is 0 Å². The number of nitrogens with two attached hydrogens (primary N) is 1. The minimum Gasteiger partial charge on any atom is -0.508 e. The smallest absolute Gasteiger partial charge is 0.150 e. The molecule has 0 spiro atoms. The molecule has 1 aromatic rings. The maximum absolute atomic E-state index is 11.6. The molecular weight excluding hydrogens is 238 g/mol.